The van der Waals surface area contributed by atoms with E-state index in [1.54, 1.807) is 13.8 Å². The predicted octanol–water partition coefficient (Wildman–Crippen LogP) is 3.45. The van der Waals surface area contributed by atoms with Gasteiger partial charge in [-0.25, -0.2) is 0 Å². The summed E-state index contributed by atoms with van der Waals surface area (Å²) in [6.45, 7) is 12.5. The number of likely N-dealkylation sites (tertiary alicyclic amines) is 1. The van der Waals surface area contributed by atoms with Crippen molar-refractivity contribution in [3.8, 4) is 0 Å². The van der Waals surface area contributed by atoms with Gasteiger partial charge in [0.15, 0.2) is 0 Å². The van der Waals surface area contributed by atoms with Gasteiger partial charge in [-0.05, 0) is 48.6 Å². The number of ether oxygens (including phenoxy) is 1. The predicted molar refractivity (Wildman–Crippen MR) is 90.8 cm³/mol. The highest BCUT2D eigenvalue weighted by atomic mass is 31.2. The fourth-order valence-electron chi connectivity index (χ4n) is 3.27. The van der Waals surface area contributed by atoms with Gasteiger partial charge >= 0.3 is 13.6 Å². The molecular weight excluding hydrogens is 317 g/mol. The molecule has 6 nitrogen and oxygen atoms in total. The van der Waals surface area contributed by atoms with Crippen molar-refractivity contribution in [3.63, 3.8) is 0 Å². The first kappa shape index (κ1) is 20.6. The van der Waals surface area contributed by atoms with Crippen LogP contribution in [0.4, 0.5) is 0 Å². The molecule has 0 aromatic rings. The molecule has 0 saturated carbocycles. The number of piperidine rings is 1. The second kappa shape index (κ2) is 7.64. The van der Waals surface area contributed by atoms with Crippen LogP contribution in [0.25, 0.3) is 0 Å². The van der Waals surface area contributed by atoms with Crippen LogP contribution in [0.2, 0.25) is 0 Å². The zero-order valence-corrected chi connectivity index (χ0v) is 16.4. The molecule has 0 aliphatic carbocycles. The molecule has 1 saturated heterocycles. The molecule has 0 atom stereocenters. The number of esters is 1. The lowest BCUT2D eigenvalue weighted by Gasteiger charge is -2.53. The quantitative estimate of drug-likeness (QED) is 0.518. The highest BCUT2D eigenvalue weighted by Gasteiger charge is 2.44. The molecule has 136 valence electrons. The van der Waals surface area contributed by atoms with Gasteiger partial charge in [-0.3, -0.25) is 14.3 Å². The van der Waals surface area contributed by atoms with E-state index >= 15 is 0 Å². The van der Waals surface area contributed by atoms with Crippen molar-refractivity contribution >= 4 is 13.6 Å². The summed E-state index contributed by atoms with van der Waals surface area (Å²) in [6.07, 6.45) is 0.959. The fourth-order valence-corrected chi connectivity index (χ4v) is 4.70. The van der Waals surface area contributed by atoms with E-state index in [1.165, 1.54) is 0 Å². The summed E-state index contributed by atoms with van der Waals surface area (Å²) >= 11 is 0. The third kappa shape index (κ3) is 5.56. The first-order valence-electron chi connectivity index (χ1n) is 8.27. The normalized spacial score (nSPS) is 22.0. The molecule has 0 bridgehead atoms. The van der Waals surface area contributed by atoms with E-state index < -0.39 is 13.6 Å². The third-order valence-corrected chi connectivity index (χ3v) is 6.49. The van der Waals surface area contributed by atoms with Crippen LogP contribution in [-0.4, -0.2) is 54.5 Å². The number of hydrogen-bond donors (Lipinski definition) is 0. The van der Waals surface area contributed by atoms with Crippen molar-refractivity contribution in [2.45, 2.75) is 71.6 Å². The molecule has 0 unspecified atom stereocenters. The van der Waals surface area contributed by atoms with Crippen LogP contribution in [0, 0.1) is 0 Å². The molecule has 0 amide bonds. The summed E-state index contributed by atoms with van der Waals surface area (Å²) in [4.78, 5) is 14.5. The standard InChI is InChI=1S/C16H32NO5P/c1-8-20-23(19,21-9-2)12-14(18)22-13-10-15(3,4)17(7)16(5,6)11-13/h13H,8-12H2,1-7H3. The Morgan fingerprint density at radius 3 is 1.91 bits per heavy atom. The summed E-state index contributed by atoms with van der Waals surface area (Å²) < 4.78 is 28.3. The average molecular weight is 349 g/mol. The van der Waals surface area contributed by atoms with E-state index in [9.17, 15) is 9.36 Å². The first-order valence-corrected chi connectivity index (χ1v) is 10.00. The van der Waals surface area contributed by atoms with Gasteiger partial charge in [-0.15, -0.1) is 0 Å². The van der Waals surface area contributed by atoms with Gasteiger partial charge in [0.2, 0.25) is 0 Å². The van der Waals surface area contributed by atoms with Crippen molar-refractivity contribution in [3.05, 3.63) is 0 Å². The Morgan fingerprint density at radius 2 is 1.52 bits per heavy atom. The Hall–Kier alpha value is -0.420. The van der Waals surface area contributed by atoms with Crippen LogP contribution in [0.1, 0.15) is 54.4 Å². The van der Waals surface area contributed by atoms with E-state index in [4.69, 9.17) is 13.8 Å². The number of nitrogens with zero attached hydrogens (tertiary/aromatic N) is 1. The minimum atomic E-state index is -3.40. The summed E-state index contributed by atoms with van der Waals surface area (Å²) in [7, 11) is -1.31. The monoisotopic (exact) mass is 349 g/mol. The lowest BCUT2D eigenvalue weighted by Crippen LogP contribution is -2.60. The van der Waals surface area contributed by atoms with Crippen molar-refractivity contribution in [2.24, 2.45) is 0 Å². The van der Waals surface area contributed by atoms with Gasteiger partial charge in [0.1, 0.15) is 12.3 Å². The van der Waals surface area contributed by atoms with E-state index in [0.29, 0.717) is 0 Å². The second-order valence-corrected chi connectivity index (χ2v) is 9.36. The summed E-state index contributed by atoms with van der Waals surface area (Å²) in [5.74, 6) is -0.517. The maximum Gasteiger partial charge on any atom is 0.341 e. The lowest BCUT2D eigenvalue weighted by molar-refractivity contribution is -0.156. The Labute approximate surface area is 140 Å². The average Bonchev–Trinajstić information content (AvgIpc) is 2.34. The molecule has 23 heavy (non-hydrogen) atoms. The van der Waals surface area contributed by atoms with Gasteiger partial charge in [0.25, 0.3) is 0 Å². The highest BCUT2D eigenvalue weighted by Crippen LogP contribution is 2.48. The molecule has 0 radical (unpaired) electrons. The van der Waals surface area contributed by atoms with Crippen LogP contribution in [0.5, 0.6) is 0 Å². The smallest absolute Gasteiger partial charge is 0.341 e. The van der Waals surface area contributed by atoms with Crippen molar-refractivity contribution < 1.29 is 23.1 Å². The van der Waals surface area contributed by atoms with Crippen LogP contribution >= 0.6 is 7.60 Å². The molecule has 1 aliphatic rings. The van der Waals surface area contributed by atoms with Crippen molar-refractivity contribution in [2.75, 3.05) is 26.4 Å². The highest BCUT2D eigenvalue weighted by molar-refractivity contribution is 7.54. The summed E-state index contributed by atoms with van der Waals surface area (Å²) in [5, 5.41) is 0. The summed E-state index contributed by atoms with van der Waals surface area (Å²) in [5.41, 5.74) is -0.146. The van der Waals surface area contributed by atoms with Gasteiger partial charge < -0.3 is 13.8 Å². The third-order valence-electron chi connectivity index (χ3n) is 4.54. The molecule has 1 heterocycles. The Morgan fingerprint density at radius 1 is 1.09 bits per heavy atom. The molecule has 1 aliphatic heterocycles. The molecule has 0 aromatic heterocycles. The Kier molecular flexibility index (Phi) is 6.85. The van der Waals surface area contributed by atoms with Gasteiger partial charge in [0, 0.05) is 23.9 Å². The Bertz CT molecular complexity index is 435. The second-order valence-electron chi connectivity index (χ2n) is 7.31. The Balaban J connectivity index is 2.72. The van der Waals surface area contributed by atoms with Crippen molar-refractivity contribution in [1.82, 2.24) is 4.90 Å². The molecule has 7 heteroatoms. The molecule has 0 spiro atoms. The van der Waals surface area contributed by atoms with Gasteiger partial charge in [-0.2, -0.15) is 0 Å². The first-order chi connectivity index (χ1) is 10.5. The van der Waals surface area contributed by atoms with Crippen LogP contribution in [0.3, 0.4) is 0 Å². The fraction of sp³-hybridized carbons (Fsp3) is 0.938. The topological polar surface area (TPSA) is 65.1 Å². The van der Waals surface area contributed by atoms with Crippen LogP contribution in [-0.2, 0) is 23.1 Å². The maximum absolute atomic E-state index is 12.4. The minimum Gasteiger partial charge on any atom is -0.462 e. The zero-order chi connectivity index (χ0) is 17.9. The molecule has 1 rings (SSSR count). The van der Waals surface area contributed by atoms with Gasteiger partial charge in [-0.1, -0.05) is 0 Å². The van der Waals surface area contributed by atoms with E-state index in [0.717, 1.165) is 12.8 Å². The summed E-state index contributed by atoms with van der Waals surface area (Å²) in [6, 6.07) is 0. The number of carbonyl (C=O) groups excluding carboxylic acids is 1. The number of rotatable bonds is 7. The lowest BCUT2D eigenvalue weighted by atomic mass is 9.79. The molecule has 1 fully saturated rings. The number of hydrogen-bond acceptors (Lipinski definition) is 6. The molecular formula is C16H32NO5P. The largest absolute Gasteiger partial charge is 0.462 e. The van der Waals surface area contributed by atoms with E-state index in [-0.39, 0.29) is 36.6 Å². The van der Waals surface area contributed by atoms with Crippen LogP contribution < -0.4 is 0 Å². The minimum absolute atomic E-state index is 0.0732. The van der Waals surface area contributed by atoms with Gasteiger partial charge in [0.05, 0.1) is 13.2 Å². The van der Waals surface area contributed by atoms with E-state index in [2.05, 4.69) is 39.6 Å². The maximum atomic E-state index is 12.4. The SMILES string of the molecule is CCOP(=O)(CC(=O)OC1CC(C)(C)N(C)C(C)(C)C1)OCC. The zero-order valence-electron chi connectivity index (χ0n) is 15.5. The number of carbonyl (C=O) groups is 1. The van der Waals surface area contributed by atoms with Crippen molar-refractivity contribution in [1.29, 1.82) is 0 Å². The van der Waals surface area contributed by atoms with Crippen LogP contribution in [0.15, 0.2) is 0 Å². The molecule has 0 N–H and O–H groups in total. The molecule has 0 aromatic carbocycles. The van der Waals surface area contributed by atoms with E-state index in [1.807, 2.05) is 0 Å².